The second kappa shape index (κ2) is 9.69. The molecule has 3 N–H and O–H groups in total. The van der Waals surface area contributed by atoms with Gasteiger partial charge in [-0.15, -0.1) is 0 Å². The van der Waals surface area contributed by atoms with E-state index >= 15 is 0 Å². The Kier molecular flexibility index (Phi) is 6.78. The van der Waals surface area contributed by atoms with E-state index in [2.05, 4.69) is 20.9 Å². The van der Waals surface area contributed by atoms with Gasteiger partial charge in [0.15, 0.2) is 0 Å². The predicted octanol–water partition coefficient (Wildman–Crippen LogP) is 4.57. The zero-order valence-electron chi connectivity index (χ0n) is 16.1. The summed E-state index contributed by atoms with van der Waals surface area (Å²) in [5.41, 5.74) is 4.00. The molecule has 1 aliphatic rings. The first-order valence-electron chi connectivity index (χ1n) is 9.66. The van der Waals surface area contributed by atoms with Crippen molar-refractivity contribution in [2.75, 3.05) is 23.0 Å². The molecule has 0 bridgehead atoms. The molecule has 2 aromatic carbocycles. The number of amides is 2. The molecule has 6 heteroatoms. The summed E-state index contributed by atoms with van der Waals surface area (Å²) >= 11 is 0. The first kappa shape index (κ1) is 19.6. The number of hydrogen-bond acceptors (Lipinski definition) is 4. The molecule has 0 spiro atoms. The van der Waals surface area contributed by atoms with Crippen LogP contribution in [0.3, 0.4) is 0 Å². The fraction of sp³-hybridized carbons (Fsp3) is 0.318. The van der Waals surface area contributed by atoms with Gasteiger partial charge in [-0.3, -0.25) is 14.6 Å². The zero-order valence-corrected chi connectivity index (χ0v) is 16.1. The lowest BCUT2D eigenvalue weighted by atomic mass is 9.88. The van der Waals surface area contributed by atoms with Crippen molar-refractivity contribution in [2.24, 2.45) is 10.9 Å². The fourth-order valence-corrected chi connectivity index (χ4v) is 3.41. The van der Waals surface area contributed by atoms with E-state index in [0.29, 0.717) is 12.1 Å². The summed E-state index contributed by atoms with van der Waals surface area (Å²) in [6, 6.07) is 13.1. The van der Waals surface area contributed by atoms with E-state index in [-0.39, 0.29) is 11.8 Å². The van der Waals surface area contributed by atoms with Crippen molar-refractivity contribution in [3.63, 3.8) is 0 Å². The molecule has 1 aliphatic carbocycles. The summed E-state index contributed by atoms with van der Waals surface area (Å²) in [7, 11) is 1.82. The van der Waals surface area contributed by atoms with Crippen molar-refractivity contribution in [3.05, 3.63) is 48.0 Å². The molecule has 28 heavy (non-hydrogen) atoms. The van der Waals surface area contributed by atoms with Gasteiger partial charge in [-0.1, -0.05) is 31.4 Å². The molecule has 0 saturated heterocycles. The number of nitrogens with zero attached hydrogens (tertiary/aromatic N) is 1. The highest BCUT2D eigenvalue weighted by Gasteiger charge is 2.20. The SMILES string of the molecule is CNc1ccc(NC=O)cc1N=Cc1ccc(NC(=O)C2CCCCC2)cc1. The molecule has 3 rings (SSSR count). The number of carbonyl (C=O) groups is 2. The van der Waals surface area contributed by atoms with Crippen LogP contribution in [0.25, 0.3) is 0 Å². The number of hydrogen-bond donors (Lipinski definition) is 3. The average Bonchev–Trinajstić information content (AvgIpc) is 2.74. The molecule has 0 aliphatic heterocycles. The summed E-state index contributed by atoms with van der Waals surface area (Å²) in [6.45, 7) is 0. The first-order valence-corrected chi connectivity index (χ1v) is 9.66. The van der Waals surface area contributed by atoms with Gasteiger partial charge in [0.1, 0.15) is 0 Å². The van der Waals surface area contributed by atoms with Crippen LogP contribution < -0.4 is 16.0 Å². The minimum Gasteiger partial charge on any atom is -0.386 e. The highest BCUT2D eigenvalue weighted by molar-refractivity contribution is 5.93. The number of nitrogens with one attached hydrogen (secondary N) is 3. The lowest BCUT2D eigenvalue weighted by Crippen LogP contribution is -2.24. The van der Waals surface area contributed by atoms with Gasteiger partial charge < -0.3 is 16.0 Å². The minimum absolute atomic E-state index is 0.124. The van der Waals surface area contributed by atoms with Gasteiger partial charge in [0.2, 0.25) is 12.3 Å². The van der Waals surface area contributed by atoms with Crippen LogP contribution in [0, 0.1) is 5.92 Å². The molecule has 2 amide bonds. The second-order valence-electron chi connectivity index (χ2n) is 6.95. The highest BCUT2D eigenvalue weighted by Crippen LogP contribution is 2.28. The first-order chi connectivity index (χ1) is 13.7. The van der Waals surface area contributed by atoms with Crippen molar-refractivity contribution in [3.8, 4) is 0 Å². The van der Waals surface area contributed by atoms with Gasteiger partial charge in [0, 0.05) is 30.6 Å². The fourth-order valence-electron chi connectivity index (χ4n) is 3.41. The van der Waals surface area contributed by atoms with Gasteiger partial charge in [0.25, 0.3) is 0 Å². The van der Waals surface area contributed by atoms with Crippen molar-refractivity contribution < 1.29 is 9.59 Å². The Hall–Kier alpha value is -3.15. The minimum atomic E-state index is 0.124. The Labute approximate surface area is 165 Å². The number of benzene rings is 2. The molecule has 0 radical (unpaired) electrons. The highest BCUT2D eigenvalue weighted by atomic mass is 16.2. The average molecular weight is 378 g/mol. The van der Waals surface area contributed by atoms with Crippen LogP contribution in [-0.4, -0.2) is 25.6 Å². The molecule has 1 saturated carbocycles. The Morgan fingerprint density at radius 2 is 1.75 bits per heavy atom. The van der Waals surface area contributed by atoms with Gasteiger partial charge in [-0.05, 0) is 48.7 Å². The van der Waals surface area contributed by atoms with Gasteiger partial charge in [0.05, 0.1) is 11.4 Å². The Balaban J connectivity index is 1.66. The maximum Gasteiger partial charge on any atom is 0.227 e. The van der Waals surface area contributed by atoms with Crippen LogP contribution in [0.2, 0.25) is 0 Å². The standard InChI is InChI=1S/C22H26N4O2/c1-23-20-12-11-19(25-15-27)13-21(20)24-14-16-7-9-18(10-8-16)26-22(28)17-5-3-2-4-6-17/h7-15,17,23H,2-6H2,1H3,(H,25,27)(H,26,28). The van der Waals surface area contributed by atoms with E-state index in [1.54, 1.807) is 12.3 Å². The summed E-state index contributed by atoms with van der Waals surface area (Å²) in [5.74, 6) is 0.265. The number of aliphatic imine (C=N–C) groups is 1. The molecule has 6 nitrogen and oxygen atoms in total. The van der Waals surface area contributed by atoms with Crippen LogP contribution in [0.5, 0.6) is 0 Å². The monoisotopic (exact) mass is 378 g/mol. The van der Waals surface area contributed by atoms with E-state index in [4.69, 9.17) is 0 Å². The third-order valence-corrected chi connectivity index (χ3v) is 5.00. The summed E-state index contributed by atoms with van der Waals surface area (Å²) in [4.78, 5) is 27.5. The van der Waals surface area contributed by atoms with Gasteiger partial charge in [-0.25, -0.2) is 0 Å². The smallest absolute Gasteiger partial charge is 0.227 e. The van der Waals surface area contributed by atoms with E-state index in [1.807, 2.05) is 43.4 Å². The molecule has 0 atom stereocenters. The Morgan fingerprint density at radius 3 is 2.43 bits per heavy atom. The molecular weight excluding hydrogens is 352 g/mol. The molecule has 0 unspecified atom stereocenters. The summed E-state index contributed by atoms with van der Waals surface area (Å²) < 4.78 is 0. The van der Waals surface area contributed by atoms with E-state index < -0.39 is 0 Å². The summed E-state index contributed by atoms with van der Waals surface area (Å²) in [5, 5.41) is 8.73. The molecule has 0 aromatic heterocycles. The third kappa shape index (κ3) is 5.19. The number of carbonyl (C=O) groups excluding carboxylic acids is 2. The van der Waals surface area contributed by atoms with Gasteiger partial charge in [-0.2, -0.15) is 0 Å². The molecule has 2 aromatic rings. The Bertz CT molecular complexity index is 840. The van der Waals surface area contributed by atoms with Crippen molar-refractivity contribution in [1.29, 1.82) is 0 Å². The van der Waals surface area contributed by atoms with Crippen LogP contribution in [0.1, 0.15) is 37.7 Å². The maximum absolute atomic E-state index is 12.3. The van der Waals surface area contributed by atoms with E-state index in [0.717, 1.165) is 48.3 Å². The van der Waals surface area contributed by atoms with E-state index in [9.17, 15) is 9.59 Å². The van der Waals surface area contributed by atoms with Crippen molar-refractivity contribution in [2.45, 2.75) is 32.1 Å². The molecule has 146 valence electrons. The van der Waals surface area contributed by atoms with Crippen LogP contribution in [0.15, 0.2) is 47.5 Å². The third-order valence-electron chi connectivity index (χ3n) is 5.00. The van der Waals surface area contributed by atoms with E-state index in [1.165, 1.54) is 6.42 Å². The van der Waals surface area contributed by atoms with Crippen molar-refractivity contribution >= 4 is 41.3 Å². The van der Waals surface area contributed by atoms with Crippen molar-refractivity contribution in [1.82, 2.24) is 0 Å². The lowest BCUT2D eigenvalue weighted by molar-refractivity contribution is -0.120. The van der Waals surface area contributed by atoms with Crippen LogP contribution in [-0.2, 0) is 9.59 Å². The summed E-state index contributed by atoms with van der Waals surface area (Å²) in [6.07, 6.45) is 7.90. The number of rotatable bonds is 7. The topological polar surface area (TPSA) is 82.6 Å². The maximum atomic E-state index is 12.3. The quantitative estimate of drug-likeness (QED) is 0.488. The van der Waals surface area contributed by atoms with Crippen LogP contribution >= 0.6 is 0 Å². The second-order valence-corrected chi connectivity index (χ2v) is 6.95. The molecule has 0 heterocycles. The normalized spacial score (nSPS) is 14.6. The van der Waals surface area contributed by atoms with Crippen LogP contribution in [0.4, 0.5) is 22.7 Å². The number of anilines is 3. The van der Waals surface area contributed by atoms with Gasteiger partial charge >= 0.3 is 0 Å². The molecule has 1 fully saturated rings. The largest absolute Gasteiger partial charge is 0.386 e. The Morgan fingerprint density at radius 1 is 1.04 bits per heavy atom. The lowest BCUT2D eigenvalue weighted by Gasteiger charge is -2.20. The zero-order chi connectivity index (χ0) is 19.8. The predicted molar refractivity (Wildman–Crippen MR) is 115 cm³/mol. The molecular formula is C22H26N4O2.